The number of hydrogen-bond acceptors (Lipinski definition) is 3. The fourth-order valence-corrected chi connectivity index (χ4v) is 3.28. The molecule has 5 nitrogen and oxygen atoms in total. The first-order chi connectivity index (χ1) is 11.5. The van der Waals surface area contributed by atoms with Gasteiger partial charge in [0.1, 0.15) is 0 Å². The molecule has 1 fully saturated rings. The molecule has 2 rings (SSSR count). The lowest BCUT2D eigenvalue weighted by atomic mass is 9.93. The van der Waals surface area contributed by atoms with Gasteiger partial charge in [-0.1, -0.05) is 37.3 Å². The molecular weight excluding hydrogens is 338 g/mol. The number of carbonyl (C=O) groups excluding carboxylic acids is 2. The van der Waals surface area contributed by atoms with E-state index in [9.17, 15) is 9.59 Å². The van der Waals surface area contributed by atoms with Gasteiger partial charge in [0.2, 0.25) is 11.8 Å². The number of amides is 2. The predicted octanol–water partition coefficient (Wildman–Crippen LogP) is 2.45. The average Bonchev–Trinajstić information content (AvgIpc) is 2.56. The maximum Gasteiger partial charge on any atom is 0.230 e. The number of hydrogen-bond donors (Lipinski definition) is 2. The van der Waals surface area contributed by atoms with E-state index in [1.54, 1.807) is 0 Å². The highest BCUT2D eigenvalue weighted by Crippen LogP contribution is 2.24. The minimum Gasteiger partial charge on any atom is -0.353 e. The predicted molar refractivity (Wildman–Crippen MR) is 103 cm³/mol. The van der Waals surface area contributed by atoms with E-state index >= 15 is 0 Å². The van der Waals surface area contributed by atoms with Crippen LogP contribution >= 0.6 is 12.4 Å². The second-order valence-corrected chi connectivity index (χ2v) is 6.72. The molecule has 140 valence electrons. The zero-order valence-electron chi connectivity index (χ0n) is 15.1. The van der Waals surface area contributed by atoms with Gasteiger partial charge in [-0.3, -0.25) is 9.59 Å². The highest BCUT2D eigenvalue weighted by Gasteiger charge is 2.28. The molecule has 0 aliphatic carbocycles. The van der Waals surface area contributed by atoms with Gasteiger partial charge in [-0.15, -0.1) is 12.4 Å². The van der Waals surface area contributed by atoms with Crippen molar-refractivity contribution < 1.29 is 9.59 Å². The van der Waals surface area contributed by atoms with Crippen LogP contribution in [-0.4, -0.2) is 41.9 Å². The smallest absolute Gasteiger partial charge is 0.230 e. The quantitative estimate of drug-likeness (QED) is 0.810. The summed E-state index contributed by atoms with van der Waals surface area (Å²) in [4.78, 5) is 26.6. The Balaban J connectivity index is 0.00000312. The van der Waals surface area contributed by atoms with Gasteiger partial charge < -0.3 is 16.0 Å². The maximum atomic E-state index is 12.8. The average molecular weight is 368 g/mol. The summed E-state index contributed by atoms with van der Waals surface area (Å²) in [5.74, 6) is 0.130. The van der Waals surface area contributed by atoms with Crippen LogP contribution < -0.4 is 11.1 Å². The van der Waals surface area contributed by atoms with Crippen molar-refractivity contribution in [3.63, 3.8) is 0 Å². The second-order valence-electron chi connectivity index (χ2n) is 6.72. The molecule has 2 unspecified atom stereocenters. The van der Waals surface area contributed by atoms with Gasteiger partial charge >= 0.3 is 0 Å². The zero-order chi connectivity index (χ0) is 17.5. The highest BCUT2D eigenvalue weighted by molar-refractivity contribution is 5.85. The van der Waals surface area contributed by atoms with Gasteiger partial charge in [-0.2, -0.15) is 0 Å². The normalized spacial score (nSPS) is 17.3. The Bertz CT molecular complexity index is 543. The largest absolute Gasteiger partial charge is 0.353 e. The van der Waals surface area contributed by atoms with Crippen LogP contribution in [0.5, 0.6) is 0 Å². The van der Waals surface area contributed by atoms with Crippen molar-refractivity contribution in [2.45, 2.75) is 57.5 Å². The molecule has 1 aromatic rings. The number of likely N-dealkylation sites (tertiary alicyclic amines) is 1. The van der Waals surface area contributed by atoms with Crippen molar-refractivity contribution in [1.82, 2.24) is 10.2 Å². The number of nitrogens with one attached hydrogen (secondary N) is 1. The van der Waals surface area contributed by atoms with Gasteiger partial charge in [-0.05, 0) is 31.7 Å². The Labute approximate surface area is 156 Å². The third kappa shape index (κ3) is 6.33. The number of nitrogens with two attached hydrogens (primary N) is 1. The van der Waals surface area contributed by atoms with Gasteiger partial charge in [0.15, 0.2) is 0 Å². The van der Waals surface area contributed by atoms with Crippen LogP contribution in [0.1, 0.15) is 51.0 Å². The van der Waals surface area contributed by atoms with E-state index in [0.29, 0.717) is 19.5 Å². The highest BCUT2D eigenvalue weighted by atomic mass is 35.5. The number of nitrogens with zero attached hydrogens (tertiary/aromatic N) is 1. The summed E-state index contributed by atoms with van der Waals surface area (Å²) in [5, 5.41) is 3.03. The molecule has 0 aromatic heterocycles. The minimum absolute atomic E-state index is 0. The topological polar surface area (TPSA) is 75.4 Å². The van der Waals surface area contributed by atoms with Crippen LogP contribution in [0.15, 0.2) is 30.3 Å². The first-order valence-corrected chi connectivity index (χ1v) is 8.90. The lowest BCUT2D eigenvalue weighted by molar-refractivity contribution is -0.134. The molecule has 1 heterocycles. The van der Waals surface area contributed by atoms with Crippen LogP contribution in [0.2, 0.25) is 0 Å². The molecule has 2 amide bonds. The maximum absolute atomic E-state index is 12.8. The fraction of sp³-hybridized carbons (Fsp3) is 0.579. The minimum atomic E-state index is -0.122. The lowest BCUT2D eigenvalue weighted by Gasteiger charge is -2.34. The number of piperidine rings is 1. The van der Waals surface area contributed by atoms with Gasteiger partial charge in [-0.25, -0.2) is 0 Å². The summed E-state index contributed by atoms with van der Waals surface area (Å²) in [6.45, 7) is 5.28. The zero-order valence-corrected chi connectivity index (χ0v) is 15.9. The van der Waals surface area contributed by atoms with Crippen LogP contribution in [0.25, 0.3) is 0 Å². The Kier molecular flexibility index (Phi) is 8.93. The molecule has 6 heteroatoms. The van der Waals surface area contributed by atoms with E-state index < -0.39 is 0 Å². The van der Waals surface area contributed by atoms with E-state index in [0.717, 1.165) is 24.8 Å². The van der Waals surface area contributed by atoms with Gasteiger partial charge in [0.05, 0.1) is 5.92 Å². The van der Waals surface area contributed by atoms with Crippen LogP contribution in [-0.2, 0) is 9.59 Å². The molecule has 0 bridgehead atoms. The summed E-state index contributed by atoms with van der Waals surface area (Å²) in [7, 11) is 0. The Morgan fingerprint density at radius 2 is 1.84 bits per heavy atom. The van der Waals surface area contributed by atoms with Crippen LogP contribution in [0, 0.1) is 0 Å². The monoisotopic (exact) mass is 367 g/mol. The molecule has 1 aromatic carbocycles. The summed E-state index contributed by atoms with van der Waals surface area (Å²) < 4.78 is 0. The fourth-order valence-electron chi connectivity index (χ4n) is 3.28. The molecule has 0 spiro atoms. The van der Waals surface area contributed by atoms with E-state index in [1.165, 1.54) is 0 Å². The summed E-state index contributed by atoms with van der Waals surface area (Å²) in [6.07, 6.45) is 2.77. The van der Waals surface area contributed by atoms with Crippen molar-refractivity contribution in [2.75, 3.05) is 13.1 Å². The number of halogens is 1. The van der Waals surface area contributed by atoms with Crippen LogP contribution in [0.4, 0.5) is 0 Å². The van der Waals surface area contributed by atoms with Crippen molar-refractivity contribution >= 4 is 24.2 Å². The van der Waals surface area contributed by atoms with Crippen molar-refractivity contribution in [3.05, 3.63) is 35.9 Å². The van der Waals surface area contributed by atoms with Crippen molar-refractivity contribution in [1.29, 1.82) is 0 Å². The van der Waals surface area contributed by atoms with E-state index in [1.807, 2.05) is 42.2 Å². The molecule has 1 aliphatic rings. The molecular formula is C19H30ClN3O2. The van der Waals surface area contributed by atoms with Gasteiger partial charge in [0.25, 0.3) is 0 Å². The Hall–Kier alpha value is -1.59. The van der Waals surface area contributed by atoms with E-state index in [4.69, 9.17) is 5.73 Å². The summed E-state index contributed by atoms with van der Waals surface area (Å²) in [5.41, 5.74) is 6.73. The molecule has 0 radical (unpaired) electrons. The van der Waals surface area contributed by atoms with E-state index in [-0.39, 0.29) is 42.2 Å². The molecule has 3 N–H and O–H groups in total. The number of benzene rings is 1. The molecule has 1 saturated heterocycles. The first-order valence-electron chi connectivity index (χ1n) is 8.90. The summed E-state index contributed by atoms with van der Waals surface area (Å²) >= 11 is 0. The standard InChI is InChI=1S/C19H29N3O2.ClH/c1-3-17(15-7-5-4-6-8-15)19(24)22-11-9-16(10-12-22)21-18(23)13-14(2)20;/h4-8,14,16-17H,3,9-13,20H2,1-2H3,(H,21,23);1H. The van der Waals surface area contributed by atoms with E-state index in [2.05, 4.69) is 12.2 Å². The number of carbonyl (C=O) groups is 2. The first kappa shape index (κ1) is 21.5. The lowest BCUT2D eigenvalue weighted by Crippen LogP contribution is -2.48. The van der Waals surface area contributed by atoms with Crippen molar-refractivity contribution in [3.8, 4) is 0 Å². The van der Waals surface area contributed by atoms with Gasteiger partial charge in [0, 0.05) is 31.6 Å². The molecule has 25 heavy (non-hydrogen) atoms. The molecule has 1 aliphatic heterocycles. The second kappa shape index (κ2) is 10.4. The Morgan fingerprint density at radius 1 is 1.24 bits per heavy atom. The number of rotatable bonds is 6. The van der Waals surface area contributed by atoms with Crippen LogP contribution in [0.3, 0.4) is 0 Å². The SMILES string of the molecule is CCC(C(=O)N1CCC(NC(=O)CC(C)N)CC1)c1ccccc1.Cl. The van der Waals surface area contributed by atoms with Crippen molar-refractivity contribution in [2.24, 2.45) is 5.73 Å². The molecule has 0 saturated carbocycles. The molecule has 2 atom stereocenters. The third-order valence-corrected chi connectivity index (χ3v) is 4.59. The third-order valence-electron chi connectivity index (χ3n) is 4.59. The summed E-state index contributed by atoms with van der Waals surface area (Å²) in [6, 6.07) is 9.99. The Morgan fingerprint density at radius 3 is 2.36 bits per heavy atom.